The van der Waals surface area contributed by atoms with Crippen molar-refractivity contribution in [2.24, 2.45) is 0 Å². The van der Waals surface area contributed by atoms with Gasteiger partial charge in [-0.3, -0.25) is 9.59 Å². The number of aliphatic hydroxyl groups excluding tert-OH is 1. The monoisotopic (exact) mass is 306 g/mol. The van der Waals surface area contributed by atoms with Gasteiger partial charge < -0.3 is 15.4 Å². The summed E-state index contributed by atoms with van der Waals surface area (Å²) < 4.78 is 0. The van der Waals surface area contributed by atoms with E-state index in [1.54, 1.807) is 24.3 Å². The van der Waals surface area contributed by atoms with E-state index in [4.69, 9.17) is 0 Å². The van der Waals surface area contributed by atoms with Crippen LogP contribution >= 0.6 is 11.8 Å². The molecule has 0 spiro atoms. The fourth-order valence-electron chi connectivity index (χ4n) is 2.15. The molecule has 0 saturated carbocycles. The fourth-order valence-corrected chi connectivity index (χ4v) is 2.77. The highest BCUT2D eigenvalue weighted by atomic mass is 32.2. The molecule has 2 unspecified atom stereocenters. The molecule has 112 valence electrons. The lowest BCUT2D eigenvalue weighted by atomic mass is 10.1. The van der Waals surface area contributed by atoms with Crippen molar-refractivity contribution in [3.05, 3.63) is 46.4 Å². The number of rotatable bonds is 5. The first kappa shape index (κ1) is 15.6. The summed E-state index contributed by atoms with van der Waals surface area (Å²) in [5.74, 6) is -0.349. The average molecular weight is 306 g/mol. The first-order valence-corrected chi connectivity index (χ1v) is 7.92. The van der Waals surface area contributed by atoms with Crippen LogP contribution in [0, 0.1) is 0 Å². The highest BCUT2D eigenvalue weighted by molar-refractivity contribution is 7.99. The third-order valence-electron chi connectivity index (χ3n) is 3.40. The van der Waals surface area contributed by atoms with E-state index >= 15 is 0 Å². The summed E-state index contributed by atoms with van der Waals surface area (Å²) in [7, 11) is 0. The van der Waals surface area contributed by atoms with Gasteiger partial charge in [-0.2, -0.15) is 11.8 Å². The molecule has 2 atom stereocenters. The lowest BCUT2D eigenvalue weighted by molar-refractivity contribution is 0.0931. The molecular weight excluding hydrogens is 288 g/mol. The summed E-state index contributed by atoms with van der Waals surface area (Å²) in [6.07, 6.45) is 1.88. The Labute approximate surface area is 126 Å². The number of carbonyl (C=O) groups is 1. The predicted octanol–water partition coefficient (Wildman–Crippen LogP) is 1.37. The molecule has 2 aromatic rings. The average Bonchev–Trinajstić information content (AvgIpc) is 2.48. The molecule has 0 radical (unpaired) electrons. The van der Waals surface area contributed by atoms with Gasteiger partial charge in [-0.05, 0) is 30.7 Å². The Balaban J connectivity index is 2.26. The van der Waals surface area contributed by atoms with Crippen molar-refractivity contribution in [2.75, 3.05) is 12.9 Å². The number of pyridine rings is 1. The Hall–Kier alpha value is -1.79. The molecule has 1 aromatic carbocycles. The summed E-state index contributed by atoms with van der Waals surface area (Å²) in [4.78, 5) is 26.8. The van der Waals surface area contributed by atoms with E-state index in [0.717, 1.165) is 5.39 Å². The van der Waals surface area contributed by atoms with Crippen LogP contribution in [0.3, 0.4) is 0 Å². The van der Waals surface area contributed by atoms with Gasteiger partial charge in [-0.15, -0.1) is 0 Å². The third-order valence-corrected chi connectivity index (χ3v) is 4.56. The van der Waals surface area contributed by atoms with Gasteiger partial charge in [-0.1, -0.05) is 18.2 Å². The standard InChI is InChI=1S/C15H18N2O3S/c1-9(13(8-18)21-2)16-15(20)12-7-10-5-3-4-6-11(10)14(19)17-12/h3-7,9,13,18H,8H2,1-2H3,(H,16,20)(H,17,19). The summed E-state index contributed by atoms with van der Waals surface area (Å²) in [5.41, 5.74) is -0.0576. The second-order valence-corrected chi connectivity index (χ2v) is 5.90. The number of amides is 1. The van der Waals surface area contributed by atoms with Crippen LogP contribution in [0.1, 0.15) is 17.4 Å². The van der Waals surface area contributed by atoms with Crippen molar-refractivity contribution in [3.63, 3.8) is 0 Å². The fraction of sp³-hybridized carbons (Fsp3) is 0.333. The Morgan fingerprint density at radius 3 is 2.81 bits per heavy atom. The van der Waals surface area contributed by atoms with Crippen molar-refractivity contribution in [1.82, 2.24) is 10.3 Å². The number of fused-ring (bicyclic) bond motifs is 1. The van der Waals surface area contributed by atoms with Crippen LogP contribution in [0.2, 0.25) is 0 Å². The Kier molecular flexibility index (Phi) is 5.03. The summed E-state index contributed by atoms with van der Waals surface area (Å²) in [6.45, 7) is 1.81. The second kappa shape index (κ2) is 6.78. The molecule has 2 rings (SSSR count). The smallest absolute Gasteiger partial charge is 0.268 e. The molecule has 0 aliphatic carbocycles. The predicted molar refractivity (Wildman–Crippen MR) is 85.9 cm³/mol. The van der Waals surface area contributed by atoms with Gasteiger partial charge in [0.25, 0.3) is 11.5 Å². The number of aromatic amines is 1. The van der Waals surface area contributed by atoms with Gasteiger partial charge in [-0.25, -0.2) is 0 Å². The van der Waals surface area contributed by atoms with E-state index in [0.29, 0.717) is 5.39 Å². The normalized spacial score (nSPS) is 13.9. The van der Waals surface area contributed by atoms with Gasteiger partial charge >= 0.3 is 0 Å². The maximum absolute atomic E-state index is 12.2. The molecule has 3 N–H and O–H groups in total. The summed E-state index contributed by atoms with van der Waals surface area (Å²) >= 11 is 1.48. The molecule has 6 heteroatoms. The van der Waals surface area contributed by atoms with Gasteiger partial charge in [0, 0.05) is 16.7 Å². The van der Waals surface area contributed by atoms with Gasteiger partial charge in [0.2, 0.25) is 0 Å². The number of carbonyl (C=O) groups excluding carboxylic acids is 1. The molecule has 5 nitrogen and oxygen atoms in total. The van der Waals surface area contributed by atoms with Crippen LogP contribution < -0.4 is 10.9 Å². The highest BCUT2D eigenvalue weighted by Crippen LogP contribution is 2.12. The maximum Gasteiger partial charge on any atom is 0.268 e. The van der Waals surface area contributed by atoms with E-state index in [1.165, 1.54) is 11.8 Å². The van der Waals surface area contributed by atoms with Gasteiger partial charge in [0.15, 0.2) is 0 Å². The Morgan fingerprint density at radius 1 is 1.43 bits per heavy atom. The largest absolute Gasteiger partial charge is 0.395 e. The number of benzene rings is 1. The summed E-state index contributed by atoms with van der Waals surface area (Å²) in [5, 5.41) is 13.2. The molecule has 1 heterocycles. The minimum atomic E-state index is -0.349. The highest BCUT2D eigenvalue weighted by Gasteiger charge is 2.19. The molecule has 0 aliphatic heterocycles. The number of thioether (sulfide) groups is 1. The number of hydrogen-bond donors (Lipinski definition) is 3. The zero-order valence-electron chi connectivity index (χ0n) is 11.9. The van der Waals surface area contributed by atoms with Crippen LogP contribution in [0.5, 0.6) is 0 Å². The van der Waals surface area contributed by atoms with Gasteiger partial charge in [0.05, 0.1) is 6.61 Å². The summed E-state index contributed by atoms with van der Waals surface area (Å²) in [6, 6.07) is 8.57. The van der Waals surface area contributed by atoms with Crippen LogP contribution in [0.4, 0.5) is 0 Å². The molecule has 1 amide bonds. The third kappa shape index (κ3) is 3.46. The first-order valence-electron chi connectivity index (χ1n) is 6.63. The molecule has 0 bridgehead atoms. The van der Waals surface area contributed by atoms with Crippen LogP contribution in [0.25, 0.3) is 10.8 Å². The van der Waals surface area contributed by atoms with Gasteiger partial charge in [0.1, 0.15) is 5.69 Å². The minimum Gasteiger partial charge on any atom is -0.395 e. The second-order valence-electron chi connectivity index (χ2n) is 4.82. The molecule has 1 aromatic heterocycles. The first-order chi connectivity index (χ1) is 10.1. The van der Waals surface area contributed by atoms with E-state index in [1.807, 2.05) is 19.2 Å². The molecule has 0 saturated heterocycles. The quantitative estimate of drug-likeness (QED) is 0.779. The minimum absolute atomic E-state index is 0.0170. The van der Waals surface area contributed by atoms with Crippen molar-refractivity contribution in [2.45, 2.75) is 18.2 Å². The number of H-pyrrole nitrogens is 1. The van der Waals surface area contributed by atoms with E-state index in [-0.39, 0.29) is 35.1 Å². The topological polar surface area (TPSA) is 82.2 Å². The zero-order chi connectivity index (χ0) is 15.4. The molecule has 0 fully saturated rings. The number of aliphatic hydroxyl groups is 1. The number of aromatic nitrogens is 1. The number of hydrogen-bond acceptors (Lipinski definition) is 4. The molecule has 21 heavy (non-hydrogen) atoms. The lowest BCUT2D eigenvalue weighted by Gasteiger charge is -2.21. The molecule has 0 aliphatic rings. The van der Waals surface area contributed by atoms with Crippen molar-refractivity contribution >= 4 is 28.4 Å². The van der Waals surface area contributed by atoms with E-state index < -0.39 is 0 Å². The maximum atomic E-state index is 12.2. The zero-order valence-corrected chi connectivity index (χ0v) is 12.7. The van der Waals surface area contributed by atoms with Crippen LogP contribution in [-0.4, -0.2) is 40.2 Å². The van der Waals surface area contributed by atoms with Crippen LogP contribution in [0.15, 0.2) is 35.1 Å². The van der Waals surface area contributed by atoms with E-state index in [9.17, 15) is 14.7 Å². The Morgan fingerprint density at radius 2 is 2.14 bits per heavy atom. The van der Waals surface area contributed by atoms with E-state index in [2.05, 4.69) is 10.3 Å². The van der Waals surface area contributed by atoms with Crippen molar-refractivity contribution in [1.29, 1.82) is 0 Å². The SMILES string of the molecule is CSC(CO)C(C)NC(=O)c1cc2ccccc2c(=O)[nH]1. The van der Waals surface area contributed by atoms with Crippen molar-refractivity contribution < 1.29 is 9.90 Å². The van der Waals surface area contributed by atoms with Crippen molar-refractivity contribution in [3.8, 4) is 0 Å². The Bertz CT molecular complexity index is 695. The van der Waals surface area contributed by atoms with Crippen LogP contribution in [-0.2, 0) is 0 Å². The lowest BCUT2D eigenvalue weighted by Crippen LogP contribution is -2.41. The molecular formula is C15H18N2O3S. The number of nitrogens with one attached hydrogen (secondary N) is 2.